The molecule has 3 rings (SSSR count). The van der Waals surface area contributed by atoms with Gasteiger partial charge in [-0.25, -0.2) is 4.98 Å². The number of rotatable bonds is 3. The fourth-order valence-electron chi connectivity index (χ4n) is 2.15. The van der Waals surface area contributed by atoms with E-state index < -0.39 is 0 Å². The van der Waals surface area contributed by atoms with E-state index >= 15 is 0 Å². The Morgan fingerprint density at radius 2 is 2.15 bits per heavy atom. The molecule has 7 heteroatoms. The Bertz CT molecular complexity index is 817. The summed E-state index contributed by atoms with van der Waals surface area (Å²) in [5, 5.41) is 8.32. The van der Waals surface area contributed by atoms with Crippen LogP contribution in [0.2, 0.25) is 0 Å². The molecule has 3 heterocycles. The van der Waals surface area contributed by atoms with E-state index in [2.05, 4.69) is 42.2 Å². The van der Waals surface area contributed by atoms with Gasteiger partial charge in [0.15, 0.2) is 0 Å². The van der Waals surface area contributed by atoms with Crippen molar-refractivity contribution in [2.24, 2.45) is 0 Å². The van der Waals surface area contributed by atoms with E-state index in [0.717, 1.165) is 0 Å². The van der Waals surface area contributed by atoms with Crippen LogP contribution in [0.4, 0.5) is 5.13 Å². The van der Waals surface area contributed by atoms with Gasteiger partial charge >= 0.3 is 0 Å². The SMILES string of the molecule is Cc1cc(C(C)Nc2nn3c(=O)ccnc3s2)c(C)s1. The molecule has 0 bridgehead atoms. The molecule has 0 aromatic carbocycles. The van der Waals surface area contributed by atoms with Crippen molar-refractivity contribution in [2.45, 2.75) is 26.8 Å². The van der Waals surface area contributed by atoms with Crippen molar-refractivity contribution in [1.29, 1.82) is 0 Å². The Labute approximate surface area is 123 Å². The van der Waals surface area contributed by atoms with Crippen LogP contribution in [-0.4, -0.2) is 14.6 Å². The number of anilines is 1. The Morgan fingerprint density at radius 3 is 2.80 bits per heavy atom. The van der Waals surface area contributed by atoms with Crippen LogP contribution < -0.4 is 10.9 Å². The summed E-state index contributed by atoms with van der Waals surface area (Å²) in [5.41, 5.74) is 1.11. The minimum absolute atomic E-state index is 0.149. The Balaban J connectivity index is 1.91. The minimum atomic E-state index is -0.158. The molecule has 0 spiro atoms. The minimum Gasteiger partial charge on any atom is -0.354 e. The molecule has 3 aromatic rings. The lowest BCUT2D eigenvalue weighted by molar-refractivity contribution is 0.846. The molecule has 1 unspecified atom stereocenters. The summed E-state index contributed by atoms with van der Waals surface area (Å²) in [4.78, 5) is 19.0. The fourth-order valence-corrected chi connectivity index (χ4v) is 4.03. The first-order chi connectivity index (χ1) is 9.54. The van der Waals surface area contributed by atoms with E-state index in [4.69, 9.17) is 0 Å². The number of aryl methyl sites for hydroxylation is 2. The number of hydrogen-bond acceptors (Lipinski definition) is 6. The molecule has 0 amide bonds. The molecular weight excluding hydrogens is 292 g/mol. The van der Waals surface area contributed by atoms with Crippen LogP contribution in [0.15, 0.2) is 23.1 Å². The lowest BCUT2D eigenvalue weighted by atomic mass is 10.1. The molecule has 0 radical (unpaired) electrons. The average Bonchev–Trinajstić information content (AvgIpc) is 2.93. The highest BCUT2D eigenvalue weighted by Gasteiger charge is 2.14. The average molecular weight is 306 g/mol. The number of aromatic nitrogens is 3. The number of nitrogens with zero attached hydrogens (tertiary/aromatic N) is 3. The smallest absolute Gasteiger partial charge is 0.275 e. The zero-order valence-corrected chi connectivity index (χ0v) is 13.0. The highest BCUT2D eigenvalue weighted by molar-refractivity contribution is 7.20. The van der Waals surface area contributed by atoms with Gasteiger partial charge in [0, 0.05) is 22.0 Å². The van der Waals surface area contributed by atoms with E-state index in [0.29, 0.717) is 10.1 Å². The fraction of sp³-hybridized carbons (Fsp3) is 0.308. The van der Waals surface area contributed by atoms with Gasteiger partial charge in [-0.2, -0.15) is 4.52 Å². The first-order valence-corrected chi connectivity index (χ1v) is 7.86. The number of thiophene rings is 1. The van der Waals surface area contributed by atoms with Crippen molar-refractivity contribution < 1.29 is 0 Å². The molecular formula is C13H14N4OS2. The van der Waals surface area contributed by atoms with E-state index in [1.165, 1.54) is 43.4 Å². The van der Waals surface area contributed by atoms with Gasteiger partial charge in [0.2, 0.25) is 10.1 Å². The van der Waals surface area contributed by atoms with Crippen molar-refractivity contribution in [3.8, 4) is 0 Å². The highest BCUT2D eigenvalue weighted by atomic mass is 32.1. The molecule has 1 N–H and O–H groups in total. The lowest BCUT2D eigenvalue weighted by Crippen LogP contribution is -2.13. The standard InChI is InChI=1S/C13H14N4OS2/c1-7-6-10(9(3)19-7)8(2)15-12-16-17-11(18)4-5-14-13(17)20-12/h4-6,8H,1-3H3,(H,15,16). The van der Waals surface area contributed by atoms with Gasteiger partial charge in [-0.3, -0.25) is 4.79 Å². The van der Waals surface area contributed by atoms with Crippen LogP contribution in [0.3, 0.4) is 0 Å². The molecule has 0 saturated heterocycles. The van der Waals surface area contributed by atoms with Gasteiger partial charge in [-0.05, 0) is 32.4 Å². The van der Waals surface area contributed by atoms with Crippen molar-refractivity contribution in [3.05, 3.63) is 44.0 Å². The summed E-state index contributed by atoms with van der Waals surface area (Å²) < 4.78 is 1.32. The third-order valence-electron chi connectivity index (χ3n) is 3.06. The van der Waals surface area contributed by atoms with E-state index in [9.17, 15) is 4.79 Å². The van der Waals surface area contributed by atoms with Crippen molar-refractivity contribution in [1.82, 2.24) is 14.6 Å². The van der Waals surface area contributed by atoms with Crippen molar-refractivity contribution in [2.75, 3.05) is 5.32 Å². The van der Waals surface area contributed by atoms with Crippen LogP contribution in [0, 0.1) is 13.8 Å². The summed E-state index contributed by atoms with van der Waals surface area (Å²) in [6.45, 7) is 6.32. The summed E-state index contributed by atoms with van der Waals surface area (Å²) in [6.07, 6.45) is 1.51. The normalized spacial score (nSPS) is 12.8. The summed E-state index contributed by atoms with van der Waals surface area (Å²) in [6, 6.07) is 3.75. The number of hydrogen-bond donors (Lipinski definition) is 1. The van der Waals surface area contributed by atoms with Crippen molar-refractivity contribution >= 4 is 32.8 Å². The van der Waals surface area contributed by atoms with Crippen molar-refractivity contribution in [3.63, 3.8) is 0 Å². The molecule has 0 saturated carbocycles. The summed E-state index contributed by atoms with van der Waals surface area (Å²) in [5.74, 6) is 0. The van der Waals surface area contributed by atoms with E-state index in [-0.39, 0.29) is 11.6 Å². The molecule has 3 aromatic heterocycles. The zero-order chi connectivity index (χ0) is 14.3. The van der Waals surface area contributed by atoms with Gasteiger partial charge in [0.25, 0.3) is 5.56 Å². The highest BCUT2D eigenvalue weighted by Crippen LogP contribution is 2.29. The molecule has 20 heavy (non-hydrogen) atoms. The topological polar surface area (TPSA) is 59.3 Å². The largest absolute Gasteiger partial charge is 0.354 e. The summed E-state index contributed by atoms with van der Waals surface area (Å²) in [7, 11) is 0. The lowest BCUT2D eigenvalue weighted by Gasteiger charge is -2.11. The Hall–Kier alpha value is -1.73. The zero-order valence-electron chi connectivity index (χ0n) is 11.4. The second-order valence-corrected chi connectivity index (χ2v) is 7.04. The molecule has 5 nitrogen and oxygen atoms in total. The summed E-state index contributed by atoms with van der Waals surface area (Å²) >= 11 is 3.17. The Morgan fingerprint density at radius 1 is 1.35 bits per heavy atom. The van der Waals surface area contributed by atoms with Gasteiger partial charge < -0.3 is 5.32 Å². The molecule has 104 valence electrons. The Kier molecular flexibility index (Phi) is 3.31. The van der Waals surface area contributed by atoms with Crippen LogP contribution >= 0.6 is 22.7 Å². The molecule has 1 atom stereocenters. The molecule has 0 aliphatic rings. The monoisotopic (exact) mass is 306 g/mol. The third kappa shape index (κ3) is 2.34. The van der Waals surface area contributed by atoms with Gasteiger partial charge in [-0.15, -0.1) is 16.4 Å². The van der Waals surface area contributed by atoms with Crippen LogP contribution in [-0.2, 0) is 0 Å². The third-order valence-corrected chi connectivity index (χ3v) is 4.89. The maximum Gasteiger partial charge on any atom is 0.275 e. The quantitative estimate of drug-likeness (QED) is 0.808. The predicted molar refractivity (Wildman–Crippen MR) is 83.0 cm³/mol. The van der Waals surface area contributed by atoms with Gasteiger partial charge in [0.05, 0.1) is 6.04 Å². The molecule has 0 aliphatic carbocycles. The van der Waals surface area contributed by atoms with E-state index in [1.54, 1.807) is 11.3 Å². The second kappa shape index (κ2) is 4.99. The van der Waals surface area contributed by atoms with Gasteiger partial charge in [-0.1, -0.05) is 11.3 Å². The molecule has 0 fully saturated rings. The van der Waals surface area contributed by atoms with Crippen LogP contribution in [0.25, 0.3) is 4.96 Å². The maximum absolute atomic E-state index is 11.6. The van der Waals surface area contributed by atoms with E-state index in [1.807, 2.05) is 0 Å². The first kappa shape index (κ1) is 13.3. The molecule has 0 aliphatic heterocycles. The van der Waals surface area contributed by atoms with Crippen LogP contribution in [0.5, 0.6) is 0 Å². The van der Waals surface area contributed by atoms with Crippen LogP contribution in [0.1, 0.15) is 28.3 Å². The number of nitrogens with one attached hydrogen (secondary N) is 1. The second-order valence-electron chi connectivity index (χ2n) is 4.62. The van der Waals surface area contributed by atoms with Gasteiger partial charge in [0.1, 0.15) is 0 Å². The predicted octanol–water partition coefficient (Wildman–Crippen LogP) is 3.00. The first-order valence-electron chi connectivity index (χ1n) is 6.23. The maximum atomic E-state index is 11.6. The number of fused-ring (bicyclic) bond motifs is 1.